The molecule has 7 rings (SSSR count). The van der Waals surface area contributed by atoms with Crippen molar-refractivity contribution >= 4 is 41.2 Å². The molecule has 3 heterocycles. The second-order valence-electron chi connectivity index (χ2n) is 9.21. The summed E-state index contributed by atoms with van der Waals surface area (Å²) in [4.78, 5) is 10.1. The number of phenols is 1. The molecule has 1 aliphatic carbocycles. The number of hydrogen-bond acceptors (Lipinski definition) is 3. The third kappa shape index (κ3) is 2.27. The van der Waals surface area contributed by atoms with Gasteiger partial charge in [-0.05, 0) is 41.5 Å². The monoisotopic (exact) mass is 426 g/mol. The molecule has 6 heteroatoms. The van der Waals surface area contributed by atoms with Crippen LogP contribution in [0.1, 0.15) is 25.1 Å². The number of nitrogens with zero attached hydrogens (tertiary/aromatic N) is 4. The van der Waals surface area contributed by atoms with E-state index in [4.69, 9.17) is 17.8 Å². The molecule has 5 nitrogen and oxygen atoms in total. The summed E-state index contributed by atoms with van der Waals surface area (Å²) < 4.78 is 4.09. The number of aromatic hydroxyl groups is 1. The van der Waals surface area contributed by atoms with Crippen molar-refractivity contribution in [2.75, 3.05) is 0 Å². The van der Waals surface area contributed by atoms with Crippen LogP contribution in [0.5, 0.6) is 5.75 Å². The summed E-state index contributed by atoms with van der Waals surface area (Å²) in [7, 11) is 6.25. The second-order valence-corrected chi connectivity index (χ2v) is 9.21. The maximum Gasteiger partial charge on any atom is 0.221 e. The van der Waals surface area contributed by atoms with Gasteiger partial charge >= 0.3 is 0 Å². The highest BCUT2D eigenvalue weighted by molar-refractivity contribution is 6.38. The molecule has 3 aromatic carbocycles. The molecule has 1 N–H and O–H groups in total. The van der Waals surface area contributed by atoms with Gasteiger partial charge in [0, 0.05) is 17.0 Å². The van der Waals surface area contributed by atoms with E-state index in [-0.39, 0.29) is 11.2 Å². The van der Waals surface area contributed by atoms with E-state index >= 15 is 0 Å². The fraction of sp³-hybridized carbons (Fsp3) is 0.111. The normalized spacial score (nSPS) is 14.2. The van der Waals surface area contributed by atoms with Gasteiger partial charge in [-0.1, -0.05) is 55.7 Å². The fourth-order valence-electron chi connectivity index (χ4n) is 5.37. The van der Waals surface area contributed by atoms with E-state index in [0.29, 0.717) is 11.2 Å². The van der Waals surface area contributed by atoms with Crippen molar-refractivity contribution in [1.82, 2.24) is 18.9 Å². The average Bonchev–Trinajstić information content (AvgIpc) is 3.40. The Bertz CT molecular complexity index is 1780. The van der Waals surface area contributed by atoms with Gasteiger partial charge in [0.25, 0.3) is 0 Å². The zero-order valence-corrected chi connectivity index (χ0v) is 18.2. The predicted octanol–water partition coefficient (Wildman–Crippen LogP) is 4.63. The van der Waals surface area contributed by atoms with E-state index in [1.165, 1.54) is 11.1 Å². The Balaban J connectivity index is 1.59. The summed E-state index contributed by atoms with van der Waals surface area (Å²) in [6, 6.07) is 23.8. The Kier molecular flexibility index (Phi) is 3.39. The standard InChI is InChI=1S/C27H19BN4O/c1-27(2)18-7-4-3-6-16(18)17-11-13-23(29-25(17)27)32-22-14-15(33)10-12-20(22)31-21-9-5-8-19(28)24(21)30-26(31)32/h3-14,33H,1-2H3. The summed E-state index contributed by atoms with van der Waals surface area (Å²) >= 11 is 0. The Morgan fingerprint density at radius 2 is 1.67 bits per heavy atom. The van der Waals surface area contributed by atoms with Crippen molar-refractivity contribution in [2.24, 2.45) is 0 Å². The van der Waals surface area contributed by atoms with Gasteiger partial charge in [-0.3, -0.25) is 8.97 Å². The van der Waals surface area contributed by atoms with Crippen LogP contribution in [-0.2, 0) is 5.41 Å². The number of pyridine rings is 1. The molecule has 0 aliphatic heterocycles. The maximum absolute atomic E-state index is 10.3. The first-order valence-corrected chi connectivity index (χ1v) is 11.0. The van der Waals surface area contributed by atoms with Crippen LogP contribution in [0.2, 0.25) is 0 Å². The molecular weight excluding hydrogens is 407 g/mol. The predicted molar refractivity (Wildman–Crippen MR) is 132 cm³/mol. The van der Waals surface area contributed by atoms with E-state index in [2.05, 4.69) is 48.6 Å². The smallest absolute Gasteiger partial charge is 0.221 e. The van der Waals surface area contributed by atoms with Crippen LogP contribution in [0.4, 0.5) is 0 Å². The van der Waals surface area contributed by atoms with Crippen LogP contribution in [0.3, 0.4) is 0 Å². The molecule has 0 saturated carbocycles. The number of para-hydroxylation sites is 1. The minimum absolute atomic E-state index is 0.196. The minimum atomic E-state index is -0.214. The molecule has 6 aromatic rings. The summed E-state index contributed by atoms with van der Waals surface area (Å²) in [6.07, 6.45) is 0. The fourth-order valence-corrected chi connectivity index (χ4v) is 5.37. The molecule has 0 amide bonds. The van der Waals surface area contributed by atoms with Crippen LogP contribution >= 0.6 is 0 Å². The van der Waals surface area contributed by atoms with Crippen LogP contribution in [0.15, 0.2) is 72.8 Å². The average molecular weight is 426 g/mol. The van der Waals surface area contributed by atoms with Crippen LogP contribution < -0.4 is 5.46 Å². The molecular formula is C27H19BN4O. The zero-order valence-electron chi connectivity index (χ0n) is 18.2. The first-order valence-electron chi connectivity index (χ1n) is 11.0. The Labute approximate surface area is 191 Å². The van der Waals surface area contributed by atoms with Gasteiger partial charge in [0.2, 0.25) is 5.78 Å². The first-order chi connectivity index (χ1) is 15.9. The van der Waals surface area contributed by atoms with Crippen molar-refractivity contribution in [2.45, 2.75) is 19.3 Å². The van der Waals surface area contributed by atoms with Crippen LogP contribution in [0.25, 0.3) is 44.8 Å². The largest absolute Gasteiger partial charge is 0.508 e. The molecule has 3 aromatic heterocycles. The van der Waals surface area contributed by atoms with Gasteiger partial charge in [-0.15, -0.1) is 0 Å². The number of fused-ring (bicyclic) bond motifs is 8. The number of phenolic OH excluding ortho intramolecular Hbond substituents is 1. The summed E-state index contributed by atoms with van der Waals surface area (Å²) in [5.41, 5.74) is 8.58. The van der Waals surface area contributed by atoms with Gasteiger partial charge in [-0.25, -0.2) is 9.97 Å². The number of benzene rings is 3. The first kappa shape index (κ1) is 18.5. The highest BCUT2D eigenvalue weighted by Crippen LogP contribution is 2.47. The number of hydrogen-bond donors (Lipinski definition) is 1. The lowest BCUT2D eigenvalue weighted by Gasteiger charge is -2.20. The lowest BCUT2D eigenvalue weighted by atomic mass is 9.85. The molecule has 0 saturated heterocycles. The molecule has 0 atom stereocenters. The minimum Gasteiger partial charge on any atom is -0.508 e. The highest BCUT2D eigenvalue weighted by Gasteiger charge is 2.37. The van der Waals surface area contributed by atoms with Crippen LogP contribution in [-0.4, -0.2) is 31.9 Å². The van der Waals surface area contributed by atoms with Crippen molar-refractivity contribution < 1.29 is 5.11 Å². The summed E-state index contributed by atoms with van der Waals surface area (Å²) in [5.74, 6) is 1.67. The number of aromatic nitrogens is 4. The molecule has 1 aliphatic rings. The van der Waals surface area contributed by atoms with Crippen molar-refractivity contribution in [3.05, 3.63) is 84.1 Å². The van der Waals surface area contributed by atoms with Crippen LogP contribution in [0, 0.1) is 0 Å². The van der Waals surface area contributed by atoms with Gasteiger partial charge in [0.1, 0.15) is 19.4 Å². The van der Waals surface area contributed by atoms with Crippen molar-refractivity contribution in [1.29, 1.82) is 0 Å². The van der Waals surface area contributed by atoms with Gasteiger partial charge in [0.15, 0.2) is 0 Å². The third-order valence-electron chi connectivity index (χ3n) is 6.93. The van der Waals surface area contributed by atoms with Gasteiger partial charge in [0.05, 0.1) is 27.8 Å². The van der Waals surface area contributed by atoms with Crippen molar-refractivity contribution in [3.63, 3.8) is 0 Å². The molecule has 0 bridgehead atoms. The summed E-state index contributed by atoms with van der Waals surface area (Å²) in [6.45, 7) is 4.43. The molecule has 0 unspecified atom stereocenters. The molecule has 33 heavy (non-hydrogen) atoms. The molecule has 0 fully saturated rings. The molecule has 2 radical (unpaired) electrons. The Morgan fingerprint density at radius 1 is 0.818 bits per heavy atom. The van der Waals surface area contributed by atoms with E-state index in [1.807, 2.05) is 34.9 Å². The second kappa shape index (κ2) is 6.04. The number of imidazole rings is 2. The number of rotatable bonds is 1. The van der Waals surface area contributed by atoms with Gasteiger partial charge in [-0.2, -0.15) is 0 Å². The third-order valence-corrected chi connectivity index (χ3v) is 6.93. The maximum atomic E-state index is 10.3. The van der Waals surface area contributed by atoms with E-state index < -0.39 is 0 Å². The lowest BCUT2D eigenvalue weighted by Crippen LogP contribution is -2.17. The Hall–Kier alpha value is -4.06. The van der Waals surface area contributed by atoms with E-state index in [0.717, 1.165) is 39.1 Å². The molecule has 156 valence electrons. The van der Waals surface area contributed by atoms with Gasteiger partial charge < -0.3 is 5.11 Å². The van der Waals surface area contributed by atoms with Crippen molar-refractivity contribution in [3.8, 4) is 22.7 Å². The highest BCUT2D eigenvalue weighted by atomic mass is 16.3. The quantitative estimate of drug-likeness (QED) is 0.390. The SMILES string of the molecule is [B]c1cccc2c1nc1n(-c3ccc4c(n3)C(C)(C)c3ccccc3-4)c3cc(O)ccc3n21. The lowest BCUT2D eigenvalue weighted by molar-refractivity contribution is 0.476. The topological polar surface area (TPSA) is 55.3 Å². The molecule has 0 spiro atoms. The summed E-state index contributed by atoms with van der Waals surface area (Å²) in [5, 5.41) is 10.3. The van der Waals surface area contributed by atoms with E-state index in [1.54, 1.807) is 12.1 Å². The Morgan fingerprint density at radius 3 is 2.55 bits per heavy atom. The zero-order chi connectivity index (χ0) is 22.5. The van der Waals surface area contributed by atoms with E-state index in [9.17, 15) is 5.11 Å².